The lowest BCUT2D eigenvalue weighted by Gasteiger charge is -2.18. The molecule has 0 aliphatic heterocycles. The summed E-state index contributed by atoms with van der Waals surface area (Å²) in [5.74, 6) is -0.896. The molecule has 0 aromatic carbocycles. The molecule has 0 aliphatic carbocycles. The number of rotatable bonds is 56. The Hall–Kier alpha value is -3.67. The van der Waals surface area contributed by atoms with E-state index < -0.39 is 6.10 Å². The second-order valence-electron chi connectivity index (χ2n) is 20.6. The van der Waals surface area contributed by atoms with Crippen molar-refractivity contribution in [2.45, 2.75) is 303 Å². The van der Waals surface area contributed by atoms with Crippen molar-refractivity contribution in [1.82, 2.24) is 0 Å². The fourth-order valence-corrected chi connectivity index (χ4v) is 8.66. The summed E-state index contributed by atoms with van der Waals surface area (Å²) in [6, 6.07) is 0. The molecule has 0 aromatic rings. The Morgan fingerprint density at radius 2 is 0.554 bits per heavy atom. The van der Waals surface area contributed by atoms with Gasteiger partial charge in [0.2, 0.25) is 0 Å². The van der Waals surface area contributed by atoms with Crippen LogP contribution in [-0.4, -0.2) is 37.2 Å². The van der Waals surface area contributed by atoms with Gasteiger partial charge in [-0.05, 0) is 96.3 Å². The van der Waals surface area contributed by atoms with Crippen molar-refractivity contribution in [1.29, 1.82) is 0 Å². The molecule has 6 heteroatoms. The number of hydrogen-bond acceptors (Lipinski definition) is 6. The van der Waals surface area contributed by atoms with Crippen LogP contribution in [0.15, 0.2) is 97.2 Å². The highest BCUT2D eigenvalue weighted by Crippen LogP contribution is 2.16. The van der Waals surface area contributed by atoms with Crippen LogP contribution in [0.5, 0.6) is 0 Å². The quantitative estimate of drug-likeness (QED) is 0.0261. The van der Waals surface area contributed by atoms with Gasteiger partial charge in [-0.25, -0.2) is 0 Å². The number of carbonyl (C=O) groups is 3. The van der Waals surface area contributed by atoms with Crippen molar-refractivity contribution in [2.75, 3.05) is 13.2 Å². The summed E-state index contributed by atoms with van der Waals surface area (Å²) < 4.78 is 16.9. The van der Waals surface area contributed by atoms with Crippen LogP contribution in [0.2, 0.25) is 0 Å². The third-order valence-corrected chi connectivity index (χ3v) is 13.3. The minimum Gasteiger partial charge on any atom is -0.462 e. The van der Waals surface area contributed by atoms with Gasteiger partial charge in [-0.15, -0.1) is 0 Å². The Kier molecular flexibility index (Phi) is 58.8. The van der Waals surface area contributed by atoms with Crippen LogP contribution < -0.4 is 0 Å². The number of unbranched alkanes of at least 4 members (excludes halogenated alkanes) is 29. The summed E-state index contributed by atoms with van der Waals surface area (Å²) in [5.41, 5.74) is 0. The van der Waals surface area contributed by atoms with E-state index in [1.807, 2.05) is 0 Å². The van der Waals surface area contributed by atoms with Crippen LogP contribution >= 0.6 is 0 Å². The summed E-state index contributed by atoms with van der Waals surface area (Å²) in [6.45, 7) is 6.47. The molecule has 0 heterocycles. The molecular weight excluding hydrogens is 913 g/mol. The average molecular weight is 1030 g/mol. The van der Waals surface area contributed by atoms with E-state index in [9.17, 15) is 14.4 Å². The summed E-state index contributed by atoms with van der Waals surface area (Å²) >= 11 is 0. The molecule has 6 nitrogen and oxygen atoms in total. The third-order valence-electron chi connectivity index (χ3n) is 13.3. The summed E-state index contributed by atoms with van der Waals surface area (Å²) in [7, 11) is 0. The first-order valence-electron chi connectivity index (χ1n) is 31.2. The van der Waals surface area contributed by atoms with Crippen LogP contribution in [0.4, 0.5) is 0 Å². The van der Waals surface area contributed by atoms with Crippen LogP contribution in [0, 0.1) is 0 Å². The molecular formula is C68H116O6. The highest BCUT2D eigenvalue weighted by Gasteiger charge is 2.19. The van der Waals surface area contributed by atoms with Gasteiger partial charge in [0, 0.05) is 19.3 Å². The Labute approximate surface area is 457 Å². The van der Waals surface area contributed by atoms with Crippen molar-refractivity contribution in [3.63, 3.8) is 0 Å². The molecule has 0 N–H and O–H groups in total. The molecule has 0 fully saturated rings. The van der Waals surface area contributed by atoms with Gasteiger partial charge in [0.25, 0.3) is 0 Å². The van der Waals surface area contributed by atoms with Crippen LogP contribution in [0.25, 0.3) is 0 Å². The van der Waals surface area contributed by atoms with E-state index in [0.717, 1.165) is 135 Å². The van der Waals surface area contributed by atoms with E-state index in [1.54, 1.807) is 0 Å². The molecule has 0 aliphatic rings. The highest BCUT2D eigenvalue weighted by atomic mass is 16.6. The molecule has 0 rings (SSSR count). The molecule has 0 radical (unpaired) electrons. The second kappa shape index (κ2) is 61.9. The van der Waals surface area contributed by atoms with Crippen molar-refractivity contribution in [2.24, 2.45) is 0 Å². The average Bonchev–Trinajstić information content (AvgIpc) is 3.40. The predicted molar refractivity (Wildman–Crippen MR) is 320 cm³/mol. The van der Waals surface area contributed by atoms with E-state index >= 15 is 0 Å². The maximum Gasteiger partial charge on any atom is 0.306 e. The standard InChI is InChI=1S/C68H116O6/c1-4-7-10-13-16-19-22-25-27-29-30-31-32-33-34-35-36-37-38-39-41-43-46-49-52-55-58-61-67(70)73-64-65(63-72-66(69)60-57-54-51-48-45-42-24-21-18-15-12-9-6-3)74-68(71)62-59-56-53-50-47-44-40-28-26-23-20-17-14-11-8-5-2/h7,10,12,15-16,19,21,24-25,27,30-31,33-34,36-37,65H,4-6,8-9,11,13-14,17-18,20,22-23,26,28-29,32,35,38-64H2,1-3H3/b10-7-,15-12-,19-16-,24-21-,27-25-,31-30-,34-33-,37-36-. The fraction of sp³-hybridized carbons (Fsp3) is 0.721. The minimum absolute atomic E-state index is 0.0845. The molecule has 0 amide bonds. The summed E-state index contributed by atoms with van der Waals surface area (Å²) in [4.78, 5) is 38.2. The van der Waals surface area contributed by atoms with E-state index in [-0.39, 0.29) is 31.1 Å². The monoisotopic (exact) mass is 1030 g/mol. The summed E-state index contributed by atoms with van der Waals surface area (Å²) in [5, 5.41) is 0. The summed E-state index contributed by atoms with van der Waals surface area (Å²) in [6.07, 6.45) is 82.6. The van der Waals surface area contributed by atoms with Crippen LogP contribution in [0.1, 0.15) is 297 Å². The molecule has 0 spiro atoms. The lowest BCUT2D eigenvalue weighted by molar-refractivity contribution is -0.167. The SMILES string of the molecule is CC/C=C\C/C=C\C/C=C\C/C=C\C/C=C\C/C=C\CCCCCCCCCCC(=O)OCC(COC(=O)CCCCCCC/C=C\C/C=C\CCC)OC(=O)CCCCCCCCCCCCCCCCCC. The Morgan fingerprint density at radius 1 is 0.284 bits per heavy atom. The molecule has 0 bridgehead atoms. The molecule has 0 aromatic heterocycles. The Bertz CT molecular complexity index is 1460. The lowest BCUT2D eigenvalue weighted by atomic mass is 10.0. The third kappa shape index (κ3) is 59.2. The smallest absolute Gasteiger partial charge is 0.306 e. The number of hydrogen-bond donors (Lipinski definition) is 0. The largest absolute Gasteiger partial charge is 0.462 e. The highest BCUT2D eigenvalue weighted by molar-refractivity contribution is 5.71. The van der Waals surface area contributed by atoms with E-state index in [4.69, 9.17) is 14.2 Å². The zero-order valence-electron chi connectivity index (χ0n) is 48.6. The normalized spacial score (nSPS) is 12.7. The van der Waals surface area contributed by atoms with Gasteiger partial charge < -0.3 is 14.2 Å². The number of carbonyl (C=O) groups excluding carboxylic acids is 3. The van der Waals surface area contributed by atoms with Gasteiger partial charge in [-0.3, -0.25) is 14.4 Å². The molecule has 424 valence electrons. The molecule has 0 saturated heterocycles. The maximum atomic E-state index is 12.9. The van der Waals surface area contributed by atoms with Gasteiger partial charge in [-0.1, -0.05) is 279 Å². The van der Waals surface area contributed by atoms with Gasteiger partial charge in [0.1, 0.15) is 13.2 Å². The molecule has 1 unspecified atom stereocenters. The first-order chi connectivity index (χ1) is 36.5. The van der Waals surface area contributed by atoms with E-state index in [0.29, 0.717) is 19.3 Å². The molecule has 1 atom stereocenters. The van der Waals surface area contributed by atoms with E-state index in [2.05, 4.69) is 118 Å². The van der Waals surface area contributed by atoms with E-state index in [1.165, 1.54) is 122 Å². The number of ether oxygens (including phenoxy) is 3. The van der Waals surface area contributed by atoms with Crippen molar-refractivity contribution in [3.8, 4) is 0 Å². The molecule has 0 saturated carbocycles. The second-order valence-corrected chi connectivity index (χ2v) is 20.6. The zero-order valence-corrected chi connectivity index (χ0v) is 48.6. The fourth-order valence-electron chi connectivity index (χ4n) is 8.66. The van der Waals surface area contributed by atoms with Crippen LogP contribution in [-0.2, 0) is 28.6 Å². The number of allylic oxidation sites excluding steroid dienone is 16. The Balaban J connectivity index is 4.32. The van der Waals surface area contributed by atoms with Gasteiger partial charge in [0.15, 0.2) is 6.10 Å². The first kappa shape index (κ1) is 70.3. The molecule has 74 heavy (non-hydrogen) atoms. The first-order valence-corrected chi connectivity index (χ1v) is 31.2. The van der Waals surface area contributed by atoms with Gasteiger partial charge in [-0.2, -0.15) is 0 Å². The van der Waals surface area contributed by atoms with Crippen molar-refractivity contribution >= 4 is 17.9 Å². The van der Waals surface area contributed by atoms with Crippen molar-refractivity contribution in [3.05, 3.63) is 97.2 Å². The number of esters is 3. The maximum absolute atomic E-state index is 12.9. The minimum atomic E-state index is -0.786. The topological polar surface area (TPSA) is 78.9 Å². The zero-order chi connectivity index (χ0) is 53.6. The lowest BCUT2D eigenvalue weighted by Crippen LogP contribution is -2.30. The van der Waals surface area contributed by atoms with Crippen molar-refractivity contribution < 1.29 is 28.6 Å². The van der Waals surface area contributed by atoms with Gasteiger partial charge >= 0.3 is 17.9 Å². The van der Waals surface area contributed by atoms with Gasteiger partial charge in [0.05, 0.1) is 0 Å². The Morgan fingerprint density at radius 3 is 0.878 bits per heavy atom. The predicted octanol–water partition coefficient (Wildman–Crippen LogP) is 21.3. The van der Waals surface area contributed by atoms with Crippen LogP contribution in [0.3, 0.4) is 0 Å².